The first-order valence-corrected chi connectivity index (χ1v) is 5.22. The maximum Gasteiger partial charge on any atom is 0.0190 e. The van der Waals surface area contributed by atoms with Crippen molar-refractivity contribution in [2.45, 2.75) is 19.4 Å². The highest BCUT2D eigenvalue weighted by Gasteiger charge is 2.25. The van der Waals surface area contributed by atoms with E-state index in [0.29, 0.717) is 6.04 Å². The van der Waals surface area contributed by atoms with Crippen molar-refractivity contribution in [3.8, 4) is 0 Å². The lowest BCUT2D eigenvalue weighted by Gasteiger charge is -2.23. The molecule has 2 unspecified atom stereocenters. The van der Waals surface area contributed by atoms with Crippen molar-refractivity contribution in [2.75, 3.05) is 40.3 Å². The maximum atomic E-state index is 5.65. The first-order chi connectivity index (χ1) is 6.13. The van der Waals surface area contributed by atoms with E-state index in [2.05, 4.69) is 30.8 Å². The number of hydrogen-bond donors (Lipinski definition) is 1. The van der Waals surface area contributed by atoms with E-state index in [1.165, 1.54) is 26.1 Å². The molecule has 1 fully saturated rings. The summed E-state index contributed by atoms with van der Waals surface area (Å²) in [7, 11) is 4.30. The van der Waals surface area contributed by atoms with E-state index >= 15 is 0 Å². The first-order valence-electron chi connectivity index (χ1n) is 5.22. The predicted molar refractivity (Wildman–Crippen MR) is 56.8 cm³/mol. The molecule has 3 heteroatoms. The number of nitrogens with zero attached hydrogens (tertiary/aromatic N) is 2. The van der Waals surface area contributed by atoms with Gasteiger partial charge in [-0.1, -0.05) is 0 Å². The summed E-state index contributed by atoms with van der Waals surface area (Å²) in [6.07, 6.45) is 1.34. The highest BCUT2D eigenvalue weighted by Crippen LogP contribution is 2.18. The Morgan fingerprint density at radius 2 is 2.23 bits per heavy atom. The average Bonchev–Trinajstić information content (AvgIpc) is 2.50. The largest absolute Gasteiger partial charge is 0.329 e. The fourth-order valence-electron chi connectivity index (χ4n) is 2.08. The smallest absolute Gasteiger partial charge is 0.0190 e. The Morgan fingerprint density at radius 1 is 1.54 bits per heavy atom. The Labute approximate surface area is 81.9 Å². The summed E-state index contributed by atoms with van der Waals surface area (Å²) >= 11 is 0. The lowest BCUT2D eigenvalue weighted by molar-refractivity contribution is 0.242. The standard InChI is InChI=1S/C10H23N3/c1-9(6-11)13-5-4-10(8-13)7-12(2)3/h9-10H,4-8,11H2,1-3H3. The summed E-state index contributed by atoms with van der Waals surface area (Å²) in [5, 5.41) is 0. The van der Waals surface area contributed by atoms with Crippen LogP contribution in [0.15, 0.2) is 0 Å². The average molecular weight is 185 g/mol. The summed E-state index contributed by atoms with van der Waals surface area (Å²) in [5.74, 6) is 0.851. The lowest BCUT2D eigenvalue weighted by Crippen LogP contribution is -2.37. The van der Waals surface area contributed by atoms with Gasteiger partial charge in [0.1, 0.15) is 0 Å². The van der Waals surface area contributed by atoms with Gasteiger partial charge in [-0.15, -0.1) is 0 Å². The van der Waals surface area contributed by atoms with E-state index in [4.69, 9.17) is 5.73 Å². The van der Waals surface area contributed by atoms with Crippen LogP contribution in [0.4, 0.5) is 0 Å². The zero-order valence-corrected chi connectivity index (χ0v) is 9.16. The molecule has 1 saturated heterocycles. The second-order valence-electron chi connectivity index (χ2n) is 4.50. The Balaban J connectivity index is 2.27. The second kappa shape index (κ2) is 4.94. The van der Waals surface area contributed by atoms with Crippen LogP contribution in [0.2, 0.25) is 0 Å². The molecule has 1 aliphatic heterocycles. The van der Waals surface area contributed by atoms with Crippen LogP contribution < -0.4 is 5.73 Å². The Morgan fingerprint density at radius 3 is 2.77 bits per heavy atom. The van der Waals surface area contributed by atoms with Gasteiger partial charge in [0, 0.05) is 25.7 Å². The van der Waals surface area contributed by atoms with Gasteiger partial charge in [0.15, 0.2) is 0 Å². The minimum Gasteiger partial charge on any atom is -0.329 e. The van der Waals surface area contributed by atoms with E-state index in [1.54, 1.807) is 0 Å². The molecule has 0 amide bonds. The maximum absolute atomic E-state index is 5.65. The Bertz CT molecular complexity index is 147. The van der Waals surface area contributed by atoms with E-state index < -0.39 is 0 Å². The van der Waals surface area contributed by atoms with Gasteiger partial charge in [0.2, 0.25) is 0 Å². The summed E-state index contributed by atoms with van der Waals surface area (Å²) in [6.45, 7) is 6.69. The van der Waals surface area contributed by atoms with E-state index in [0.717, 1.165) is 12.5 Å². The molecule has 1 aliphatic rings. The van der Waals surface area contributed by atoms with Crippen LogP contribution in [-0.4, -0.2) is 56.1 Å². The number of rotatable bonds is 4. The van der Waals surface area contributed by atoms with Crippen LogP contribution in [0.25, 0.3) is 0 Å². The molecule has 0 aliphatic carbocycles. The Kier molecular flexibility index (Phi) is 4.16. The zero-order chi connectivity index (χ0) is 9.84. The van der Waals surface area contributed by atoms with Crippen molar-refractivity contribution in [3.05, 3.63) is 0 Å². The van der Waals surface area contributed by atoms with Gasteiger partial charge in [0.25, 0.3) is 0 Å². The van der Waals surface area contributed by atoms with E-state index in [1.807, 2.05) is 0 Å². The van der Waals surface area contributed by atoms with Crippen molar-refractivity contribution in [1.29, 1.82) is 0 Å². The van der Waals surface area contributed by atoms with Gasteiger partial charge in [0.05, 0.1) is 0 Å². The van der Waals surface area contributed by atoms with Gasteiger partial charge < -0.3 is 10.6 Å². The van der Waals surface area contributed by atoms with Crippen molar-refractivity contribution in [3.63, 3.8) is 0 Å². The molecule has 3 nitrogen and oxygen atoms in total. The summed E-state index contributed by atoms with van der Waals surface area (Å²) in [5.41, 5.74) is 5.65. The third-order valence-electron chi connectivity index (χ3n) is 2.91. The molecular formula is C10H23N3. The quantitative estimate of drug-likeness (QED) is 0.680. The summed E-state index contributed by atoms with van der Waals surface area (Å²) in [4.78, 5) is 4.79. The normalized spacial score (nSPS) is 27.0. The van der Waals surface area contributed by atoms with Gasteiger partial charge in [-0.05, 0) is 39.9 Å². The molecule has 0 saturated carbocycles. The minimum atomic E-state index is 0.562. The highest BCUT2D eigenvalue weighted by atomic mass is 15.2. The van der Waals surface area contributed by atoms with Gasteiger partial charge in [-0.25, -0.2) is 0 Å². The fraction of sp³-hybridized carbons (Fsp3) is 1.00. The van der Waals surface area contributed by atoms with E-state index in [9.17, 15) is 0 Å². The molecule has 0 spiro atoms. The minimum absolute atomic E-state index is 0.562. The molecule has 78 valence electrons. The molecule has 0 aromatic rings. The Hall–Kier alpha value is -0.120. The third kappa shape index (κ3) is 3.25. The van der Waals surface area contributed by atoms with Gasteiger partial charge >= 0.3 is 0 Å². The molecule has 1 heterocycles. The lowest BCUT2D eigenvalue weighted by atomic mass is 10.1. The van der Waals surface area contributed by atoms with Crippen molar-refractivity contribution >= 4 is 0 Å². The van der Waals surface area contributed by atoms with Crippen molar-refractivity contribution < 1.29 is 0 Å². The highest BCUT2D eigenvalue weighted by molar-refractivity contribution is 4.80. The molecular weight excluding hydrogens is 162 g/mol. The van der Waals surface area contributed by atoms with Crippen LogP contribution in [0.3, 0.4) is 0 Å². The van der Waals surface area contributed by atoms with Crippen molar-refractivity contribution in [1.82, 2.24) is 9.80 Å². The molecule has 13 heavy (non-hydrogen) atoms. The topological polar surface area (TPSA) is 32.5 Å². The second-order valence-corrected chi connectivity index (χ2v) is 4.50. The predicted octanol–water partition coefficient (Wildman–Crippen LogP) is 0.217. The first kappa shape index (κ1) is 11.0. The zero-order valence-electron chi connectivity index (χ0n) is 9.16. The number of likely N-dealkylation sites (tertiary alicyclic amines) is 1. The molecule has 0 aromatic carbocycles. The number of hydrogen-bond acceptors (Lipinski definition) is 3. The van der Waals surface area contributed by atoms with Crippen LogP contribution in [0.1, 0.15) is 13.3 Å². The van der Waals surface area contributed by atoms with Crippen LogP contribution in [-0.2, 0) is 0 Å². The van der Waals surface area contributed by atoms with Crippen LogP contribution in [0.5, 0.6) is 0 Å². The summed E-state index contributed by atoms with van der Waals surface area (Å²) in [6, 6.07) is 0.562. The monoisotopic (exact) mass is 185 g/mol. The van der Waals surface area contributed by atoms with Crippen LogP contribution >= 0.6 is 0 Å². The van der Waals surface area contributed by atoms with Gasteiger partial charge in [-0.2, -0.15) is 0 Å². The summed E-state index contributed by atoms with van der Waals surface area (Å²) < 4.78 is 0. The molecule has 0 radical (unpaired) electrons. The van der Waals surface area contributed by atoms with Crippen LogP contribution in [0, 0.1) is 5.92 Å². The molecule has 0 aromatic heterocycles. The fourth-order valence-corrected chi connectivity index (χ4v) is 2.08. The number of nitrogens with two attached hydrogens (primary N) is 1. The SMILES string of the molecule is CC(CN)N1CCC(CN(C)C)C1. The molecule has 0 bridgehead atoms. The molecule has 2 N–H and O–H groups in total. The van der Waals surface area contributed by atoms with Gasteiger partial charge in [-0.3, -0.25) is 4.90 Å². The van der Waals surface area contributed by atoms with E-state index in [-0.39, 0.29) is 0 Å². The van der Waals surface area contributed by atoms with Crippen molar-refractivity contribution in [2.24, 2.45) is 11.7 Å². The molecule has 1 rings (SSSR count). The molecule has 2 atom stereocenters. The third-order valence-corrected chi connectivity index (χ3v) is 2.91.